The highest BCUT2D eigenvalue weighted by atomic mass is 16.5. The van der Waals surface area contributed by atoms with Crippen molar-refractivity contribution in [1.82, 2.24) is 10.5 Å². The van der Waals surface area contributed by atoms with E-state index in [0.29, 0.717) is 25.1 Å². The molecule has 0 atom stereocenters. The summed E-state index contributed by atoms with van der Waals surface area (Å²) in [6, 6.07) is 20.7. The average molecular weight is 475 g/mol. The first-order valence-electron chi connectivity index (χ1n) is 11.9. The van der Waals surface area contributed by atoms with E-state index in [1.807, 2.05) is 42.5 Å². The Bertz CT molecular complexity index is 1250. The summed E-state index contributed by atoms with van der Waals surface area (Å²) in [6.07, 6.45) is 1.14. The molecule has 0 saturated heterocycles. The van der Waals surface area contributed by atoms with E-state index in [1.54, 1.807) is 24.3 Å². The van der Waals surface area contributed by atoms with Crippen molar-refractivity contribution in [2.24, 2.45) is 0 Å². The maximum Gasteiger partial charge on any atom is 0.251 e. The number of aliphatic hydroxyl groups is 2. The van der Waals surface area contributed by atoms with Crippen molar-refractivity contribution >= 4 is 16.9 Å². The van der Waals surface area contributed by atoms with Gasteiger partial charge >= 0.3 is 0 Å². The third-order valence-corrected chi connectivity index (χ3v) is 5.75. The maximum absolute atomic E-state index is 12.3. The van der Waals surface area contributed by atoms with Crippen LogP contribution in [-0.2, 0) is 12.8 Å². The van der Waals surface area contributed by atoms with Gasteiger partial charge in [-0.1, -0.05) is 61.0 Å². The van der Waals surface area contributed by atoms with E-state index in [1.165, 1.54) is 0 Å². The Balaban J connectivity index is 1.34. The van der Waals surface area contributed by atoms with Gasteiger partial charge in [-0.2, -0.15) is 0 Å². The number of fused-ring (bicyclic) bond motifs is 1. The van der Waals surface area contributed by atoms with Crippen molar-refractivity contribution in [3.05, 3.63) is 83.4 Å². The van der Waals surface area contributed by atoms with Gasteiger partial charge in [0.05, 0.1) is 12.0 Å². The number of amides is 1. The normalized spacial score (nSPS) is 11.2. The summed E-state index contributed by atoms with van der Waals surface area (Å²) in [5.74, 6) is 0.604. The van der Waals surface area contributed by atoms with Crippen LogP contribution in [0.2, 0.25) is 0 Å². The van der Waals surface area contributed by atoms with E-state index in [9.17, 15) is 4.79 Å². The molecule has 0 bridgehead atoms. The second kappa shape index (κ2) is 11.6. The molecule has 4 aromatic rings. The molecule has 0 spiro atoms. The molecule has 0 fully saturated rings. The van der Waals surface area contributed by atoms with Gasteiger partial charge in [-0.15, -0.1) is 0 Å². The predicted octanol–water partition coefficient (Wildman–Crippen LogP) is 4.50. The van der Waals surface area contributed by atoms with E-state index in [-0.39, 0.29) is 12.3 Å². The smallest absolute Gasteiger partial charge is 0.251 e. The van der Waals surface area contributed by atoms with Crippen LogP contribution in [0.15, 0.2) is 71.3 Å². The molecule has 0 unspecified atom stereocenters. The highest BCUT2D eigenvalue weighted by Crippen LogP contribution is 2.35. The Kier molecular flexibility index (Phi) is 8.13. The van der Waals surface area contributed by atoms with Crippen molar-refractivity contribution in [1.29, 1.82) is 0 Å². The van der Waals surface area contributed by atoms with E-state index >= 15 is 0 Å². The fourth-order valence-corrected chi connectivity index (χ4v) is 4.03. The number of nitrogens with one attached hydrogen (secondary N) is 1. The highest BCUT2D eigenvalue weighted by molar-refractivity contribution is 5.95. The third kappa shape index (κ3) is 6.07. The molecule has 0 aliphatic rings. The van der Waals surface area contributed by atoms with Gasteiger partial charge in [-0.25, -0.2) is 0 Å². The second-order valence-electron chi connectivity index (χ2n) is 8.41. The lowest BCUT2D eigenvalue weighted by molar-refractivity contribution is -0.0381. The molecule has 1 amide bonds. The molecular formula is C28H30N2O5. The molecule has 4 rings (SSSR count). The zero-order valence-corrected chi connectivity index (χ0v) is 19.7. The van der Waals surface area contributed by atoms with Gasteiger partial charge in [0, 0.05) is 29.7 Å². The Morgan fingerprint density at radius 1 is 1.06 bits per heavy atom. The number of nitrogens with zero attached hydrogens (tertiary/aromatic N) is 1. The number of carbonyl (C=O) groups is 1. The number of hydrogen-bond donors (Lipinski definition) is 3. The van der Waals surface area contributed by atoms with Gasteiger partial charge < -0.3 is 24.8 Å². The van der Waals surface area contributed by atoms with Gasteiger partial charge in [0.1, 0.15) is 11.4 Å². The van der Waals surface area contributed by atoms with E-state index in [2.05, 4.69) is 17.4 Å². The molecule has 7 heteroatoms. The molecule has 1 aromatic heterocycles. The number of benzene rings is 3. The molecule has 35 heavy (non-hydrogen) atoms. The lowest BCUT2D eigenvalue weighted by atomic mass is 10.0. The molecule has 182 valence electrons. The lowest BCUT2D eigenvalue weighted by Gasteiger charge is -2.12. The molecule has 0 saturated carbocycles. The Morgan fingerprint density at radius 2 is 1.83 bits per heavy atom. The zero-order valence-electron chi connectivity index (χ0n) is 19.7. The van der Waals surface area contributed by atoms with Crippen LogP contribution in [0.25, 0.3) is 22.2 Å². The number of rotatable bonds is 11. The van der Waals surface area contributed by atoms with Crippen molar-refractivity contribution in [3.63, 3.8) is 0 Å². The predicted molar refractivity (Wildman–Crippen MR) is 134 cm³/mol. The van der Waals surface area contributed by atoms with Crippen LogP contribution in [0, 0.1) is 0 Å². The fourth-order valence-electron chi connectivity index (χ4n) is 4.03. The van der Waals surface area contributed by atoms with Crippen LogP contribution < -0.4 is 10.1 Å². The van der Waals surface area contributed by atoms with Crippen LogP contribution >= 0.6 is 0 Å². The van der Waals surface area contributed by atoms with Gasteiger partial charge in [0.15, 0.2) is 11.9 Å². The molecule has 3 aromatic carbocycles. The van der Waals surface area contributed by atoms with Crippen molar-refractivity contribution in [2.45, 2.75) is 38.9 Å². The van der Waals surface area contributed by atoms with Crippen LogP contribution in [0.1, 0.15) is 41.3 Å². The van der Waals surface area contributed by atoms with Crippen molar-refractivity contribution < 1.29 is 24.3 Å². The standard InChI is InChI=1S/C28H30N2O5/c1-2-7-22-24(15-14-23-26(30-35-27(22)23)20-8-4-3-5-9-20)34-17-6-16-29-28(33)21-12-10-19(11-13-21)18-25(31)32/h3-5,8-15,25,31-32H,2,6-7,16-18H2,1H3,(H,29,33). The Morgan fingerprint density at radius 3 is 2.54 bits per heavy atom. The van der Waals surface area contributed by atoms with E-state index < -0.39 is 6.29 Å². The first kappa shape index (κ1) is 24.4. The Hall–Kier alpha value is -3.68. The fraction of sp³-hybridized carbons (Fsp3) is 0.286. The summed E-state index contributed by atoms with van der Waals surface area (Å²) >= 11 is 0. The van der Waals surface area contributed by atoms with E-state index in [0.717, 1.165) is 51.9 Å². The van der Waals surface area contributed by atoms with Crippen LogP contribution in [-0.4, -0.2) is 40.7 Å². The van der Waals surface area contributed by atoms with E-state index in [4.69, 9.17) is 19.5 Å². The minimum absolute atomic E-state index is 0.132. The van der Waals surface area contributed by atoms with Gasteiger partial charge in [0.25, 0.3) is 5.91 Å². The van der Waals surface area contributed by atoms with Gasteiger partial charge in [0.2, 0.25) is 0 Å². The van der Waals surface area contributed by atoms with Gasteiger partial charge in [-0.05, 0) is 42.7 Å². The molecule has 0 aliphatic heterocycles. The number of aryl methyl sites for hydroxylation is 1. The molecule has 3 N–H and O–H groups in total. The topological polar surface area (TPSA) is 105 Å². The summed E-state index contributed by atoms with van der Waals surface area (Å²) in [5, 5.41) is 26.3. The number of aromatic nitrogens is 1. The second-order valence-corrected chi connectivity index (χ2v) is 8.41. The molecular weight excluding hydrogens is 444 g/mol. The average Bonchev–Trinajstić information content (AvgIpc) is 3.30. The SMILES string of the molecule is CCCc1c(OCCCNC(=O)c2ccc(CC(O)O)cc2)ccc2c(-c3ccccc3)noc12. The molecule has 1 heterocycles. The maximum atomic E-state index is 12.3. The largest absolute Gasteiger partial charge is 0.493 e. The van der Waals surface area contributed by atoms with Crippen molar-refractivity contribution in [3.8, 4) is 17.0 Å². The van der Waals surface area contributed by atoms with Crippen LogP contribution in [0.4, 0.5) is 0 Å². The molecule has 0 aliphatic carbocycles. The Labute approximate surface area is 204 Å². The van der Waals surface area contributed by atoms with Crippen LogP contribution in [0.5, 0.6) is 5.75 Å². The van der Waals surface area contributed by atoms with Crippen molar-refractivity contribution in [2.75, 3.05) is 13.2 Å². The number of hydrogen-bond acceptors (Lipinski definition) is 6. The summed E-state index contributed by atoms with van der Waals surface area (Å²) in [6.45, 7) is 3.04. The summed E-state index contributed by atoms with van der Waals surface area (Å²) in [5.41, 5.74) is 4.89. The number of ether oxygens (including phenoxy) is 1. The molecule has 7 nitrogen and oxygen atoms in total. The first-order chi connectivity index (χ1) is 17.1. The van der Waals surface area contributed by atoms with Crippen LogP contribution in [0.3, 0.4) is 0 Å². The number of aliphatic hydroxyl groups excluding tert-OH is 1. The monoisotopic (exact) mass is 474 g/mol. The minimum Gasteiger partial charge on any atom is -0.493 e. The molecule has 0 radical (unpaired) electrons. The van der Waals surface area contributed by atoms with Gasteiger partial charge in [-0.3, -0.25) is 4.79 Å². The lowest BCUT2D eigenvalue weighted by Crippen LogP contribution is -2.25. The quantitative estimate of drug-likeness (QED) is 0.218. The first-order valence-corrected chi connectivity index (χ1v) is 11.9. The summed E-state index contributed by atoms with van der Waals surface area (Å²) < 4.78 is 11.8. The zero-order chi connectivity index (χ0) is 24.6. The summed E-state index contributed by atoms with van der Waals surface area (Å²) in [7, 11) is 0. The number of carbonyl (C=O) groups excluding carboxylic acids is 1. The summed E-state index contributed by atoms with van der Waals surface area (Å²) in [4.78, 5) is 12.3. The minimum atomic E-state index is -1.40. The third-order valence-electron chi connectivity index (χ3n) is 5.75. The highest BCUT2D eigenvalue weighted by Gasteiger charge is 2.17.